The molecule has 9 heteroatoms. The van der Waals surface area contributed by atoms with Gasteiger partial charge in [-0.1, -0.05) is 39.4 Å². The lowest BCUT2D eigenvalue weighted by molar-refractivity contribution is -0.120. The molecule has 2 aromatic rings. The van der Waals surface area contributed by atoms with E-state index in [-0.39, 0.29) is 33.4 Å². The Balaban J connectivity index is 2.15. The van der Waals surface area contributed by atoms with Gasteiger partial charge in [-0.2, -0.15) is 15.5 Å². The average molecular weight is 389 g/mol. The zero-order valence-electron chi connectivity index (χ0n) is 11.6. The Kier molecular flexibility index (Phi) is 5.41. The SMILES string of the molecule is N#Cc1s/c(=N\NC(=O)Cc2ccc(Br)cc2)nc(N)c1C#N. The molecule has 1 aromatic carbocycles. The number of anilines is 1. The number of hydrogen-bond donors (Lipinski definition) is 2. The lowest BCUT2D eigenvalue weighted by atomic mass is 10.1. The smallest absolute Gasteiger partial charge is 0.244 e. The molecule has 1 amide bonds. The van der Waals surface area contributed by atoms with Crippen LogP contribution < -0.4 is 16.0 Å². The van der Waals surface area contributed by atoms with Gasteiger partial charge in [-0.3, -0.25) is 4.79 Å². The second-order valence-corrected chi connectivity index (χ2v) is 6.15. The van der Waals surface area contributed by atoms with Crippen LogP contribution in [0.4, 0.5) is 5.82 Å². The van der Waals surface area contributed by atoms with Crippen molar-refractivity contribution < 1.29 is 4.79 Å². The van der Waals surface area contributed by atoms with Gasteiger partial charge in [0.25, 0.3) is 0 Å². The highest BCUT2D eigenvalue weighted by Gasteiger charge is 2.09. The number of nitrogen functional groups attached to an aromatic ring is 1. The number of carbonyl (C=O) groups is 1. The highest BCUT2D eigenvalue weighted by molar-refractivity contribution is 9.10. The number of carbonyl (C=O) groups excluding carboxylic acids is 1. The van der Waals surface area contributed by atoms with Gasteiger partial charge in [0.2, 0.25) is 10.7 Å². The Labute approximate surface area is 143 Å². The molecule has 7 nitrogen and oxygen atoms in total. The summed E-state index contributed by atoms with van der Waals surface area (Å²) in [6.45, 7) is 0. The summed E-state index contributed by atoms with van der Waals surface area (Å²) < 4.78 is 0.925. The van der Waals surface area contributed by atoms with E-state index in [0.29, 0.717) is 0 Å². The fourth-order valence-electron chi connectivity index (χ4n) is 1.61. The maximum atomic E-state index is 11.8. The van der Waals surface area contributed by atoms with E-state index >= 15 is 0 Å². The number of nitrogens with two attached hydrogens (primary N) is 1. The number of nitrogens with zero attached hydrogens (tertiary/aromatic N) is 4. The van der Waals surface area contributed by atoms with Crippen LogP contribution in [0, 0.1) is 22.7 Å². The predicted octanol–water partition coefficient (Wildman–Crippen LogP) is 1.41. The zero-order chi connectivity index (χ0) is 16.8. The van der Waals surface area contributed by atoms with Crippen molar-refractivity contribution in [2.75, 3.05) is 5.73 Å². The first-order chi connectivity index (χ1) is 11.0. The van der Waals surface area contributed by atoms with E-state index in [0.717, 1.165) is 21.4 Å². The van der Waals surface area contributed by atoms with Crippen molar-refractivity contribution in [1.29, 1.82) is 10.5 Å². The second kappa shape index (κ2) is 7.49. The largest absolute Gasteiger partial charge is 0.382 e. The van der Waals surface area contributed by atoms with Crippen LogP contribution in [-0.4, -0.2) is 10.9 Å². The predicted molar refractivity (Wildman–Crippen MR) is 87.5 cm³/mol. The lowest BCUT2D eigenvalue weighted by Gasteiger charge is -2.01. The normalized spacial score (nSPS) is 10.7. The van der Waals surface area contributed by atoms with Crippen LogP contribution in [-0.2, 0) is 11.2 Å². The molecule has 0 fully saturated rings. The number of halogens is 1. The Morgan fingerprint density at radius 3 is 2.65 bits per heavy atom. The number of nitrogens with one attached hydrogen (secondary N) is 1. The summed E-state index contributed by atoms with van der Waals surface area (Å²) in [6.07, 6.45) is 0.151. The topological polar surface area (TPSA) is 128 Å². The summed E-state index contributed by atoms with van der Waals surface area (Å²) in [5.74, 6) is -0.425. The number of benzene rings is 1. The highest BCUT2D eigenvalue weighted by Crippen LogP contribution is 2.13. The van der Waals surface area contributed by atoms with Gasteiger partial charge in [0, 0.05) is 4.47 Å². The molecular formula is C14H9BrN6OS. The van der Waals surface area contributed by atoms with Gasteiger partial charge >= 0.3 is 0 Å². The molecule has 3 N–H and O–H groups in total. The molecule has 0 unspecified atom stereocenters. The summed E-state index contributed by atoms with van der Waals surface area (Å²) in [5.41, 5.74) is 8.79. The maximum Gasteiger partial charge on any atom is 0.244 e. The molecule has 1 aromatic heterocycles. The molecule has 0 aliphatic carbocycles. The lowest BCUT2D eigenvalue weighted by Crippen LogP contribution is -2.24. The standard InChI is InChI=1S/C14H9BrN6OS/c15-9-3-1-8(2-4-9)5-12(22)20-21-14-19-13(18)10(6-16)11(7-17)23-14/h1-4H,5H2,(H,20,22)(H2,18,19,21). The van der Waals surface area contributed by atoms with Crippen molar-refractivity contribution in [2.45, 2.75) is 6.42 Å². The maximum absolute atomic E-state index is 11.8. The van der Waals surface area contributed by atoms with Crippen LogP contribution in [0.3, 0.4) is 0 Å². The van der Waals surface area contributed by atoms with Gasteiger partial charge < -0.3 is 5.73 Å². The third-order valence-electron chi connectivity index (χ3n) is 2.66. The molecule has 0 spiro atoms. The molecule has 23 heavy (non-hydrogen) atoms. The number of amides is 1. The van der Waals surface area contributed by atoms with Crippen LogP contribution in [0.15, 0.2) is 33.8 Å². The van der Waals surface area contributed by atoms with Crippen molar-refractivity contribution in [3.05, 3.63) is 49.5 Å². The van der Waals surface area contributed by atoms with Crippen molar-refractivity contribution in [2.24, 2.45) is 5.10 Å². The van der Waals surface area contributed by atoms with E-state index in [1.54, 1.807) is 0 Å². The molecule has 0 saturated carbocycles. The van der Waals surface area contributed by atoms with Crippen molar-refractivity contribution in [3.63, 3.8) is 0 Å². The Hall–Kier alpha value is -2.75. The van der Waals surface area contributed by atoms with E-state index in [2.05, 4.69) is 31.4 Å². The minimum Gasteiger partial charge on any atom is -0.382 e. The van der Waals surface area contributed by atoms with Gasteiger partial charge in [-0.25, -0.2) is 5.43 Å². The van der Waals surface area contributed by atoms with Crippen LogP contribution in [0.25, 0.3) is 0 Å². The third kappa shape index (κ3) is 4.36. The monoisotopic (exact) mass is 388 g/mol. The first kappa shape index (κ1) is 16.6. The Bertz CT molecular complexity index is 891. The molecule has 0 aliphatic rings. The minimum atomic E-state index is -0.331. The summed E-state index contributed by atoms with van der Waals surface area (Å²) in [5, 5.41) is 21.7. The van der Waals surface area contributed by atoms with E-state index in [1.165, 1.54) is 0 Å². The molecule has 0 atom stereocenters. The number of aromatic nitrogens is 1. The van der Waals surface area contributed by atoms with E-state index in [9.17, 15) is 4.79 Å². The number of nitriles is 2. The van der Waals surface area contributed by atoms with Gasteiger partial charge in [-0.15, -0.1) is 5.10 Å². The number of rotatable bonds is 3. The van der Waals surface area contributed by atoms with Gasteiger partial charge in [0.05, 0.1) is 6.42 Å². The van der Waals surface area contributed by atoms with Crippen LogP contribution in [0.5, 0.6) is 0 Å². The molecule has 2 rings (SSSR count). The first-order valence-corrected chi connectivity index (χ1v) is 7.82. The van der Waals surface area contributed by atoms with E-state index < -0.39 is 0 Å². The van der Waals surface area contributed by atoms with Crippen molar-refractivity contribution in [3.8, 4) is 12.1 Å². The van der Waals surface area contributed by atoms with Gasteiger partial charge in [0.15, 0.2) is 0 Å². The van der Waals surface area contributed by atoms with E-state index in [1.807, 2.05) is 36.4 Å². The van der Waals surface area contributed by atoms with Crippen LogP contribution in [0.1, 0.15) is 16.0 Å². The van der Waals surface area contributed by atoms with Gasteiger partial charge in [0.1, 0.15) is 28.4 Å². The second-order valence-electron chi connectivity index (χ2n) is 4.26. The highest BCUT2D eigenvalue weighted by atomic mass is 79.9. The van der Waals surface area contributed by atoms with Crippen LogP contribution >= 0.6 is 27.3 Å². The summed E-state index contributed by atoms with van der Waals surface area (Å²) in [4.78, 5) is 15.9. The third-order valence-corrected chi connectivity index (χ3v) is 4.05. The quantitative estimate of drug-likeness (QED) is 0.767. The average Bonchev–Trinajstić information content (AvgIpc) is 2.54. The fourth-order valence-corrected chi connectivity index (χ4v) is 2.59. The fraction of sp³-hybridized carbons (Fsp3) is 0.0714. The Morgan fingerprint density at radius 1 is 1.35 bits per heavy atom. The molecule has 1 heterocycles. The minimum absolute atomic E-state index is 0.0117. The van der Waals surface area contributed by atoms with Gasteiger partial charge in [-0.05, 0) is 17.7 Å². The number of hydrogen-bond acceptors (Lipinski definition) is 7. The van der Waals surface area contributed by atoms with Crippen molar-refractivity contribution >= 4 is 39.0 Å². The molecule has 0 aliphatic heterocycles. The Morgan fingerprint density at radius 2 is 2.04 bits per heavy atom. The summed E-state index contributed by atoms with van der Waals surface area (Å²) >= 11 is 4.19. The molecule has 114 valence electrons. The molecule has 0 radical (unpaired) electrons. The van der Waals surface area contributed by atoms with Crippen LogP contribution in [0.2, 0.25) is 0 Å². The molecule has 0 saturated heterocycles. The first-order valence-electron chi connectivity index (χ1n) is 6.21. The summed E-state index contributed by atoms with van der Waals surface area (Å²) in [7, 11) is 0. The molecular weight excluding hydrogens is 380 g/mol. The zero-order valence-corrected chi connectivity index (χ0v) is 14.0. The molecule has 0 bridgehead atoms. The van der Waals surface area contributed by atoms with E-state index in [4.69, 9.17) is 16.3 Å². The summed E-state index contributed by atoms with van der Waals surface area (Å²) in [6, 6.07) is 11.0. The van der Waals surface area contributed by atoms with Crippen molar-refractivity contribution in [1.82, 2.24) is 10.4 Å².